The maximum absolute atomic E-state index is 14.3. The quantitative estimate of drug-likeness (QED) is 0.0845. The zero-order valence-corrected chi connectivity index (χ0v) is 43.4. The second kappa shape index (κ2) is 22.3. The number of para-hydroxylation sites is 1. The molecule has 4 saturated heterocycles. The van der Waals surface area contributed by atoms with E-state index in [4.69, 9.17) is 15.2 Å². The summed E-state index contributed by atoms with van der Waals surface area (Å²) in [5.74, 6) is 1.03. The van der Waals surface area contributed by atoms with Crippen molar-refractivity contribution >= 4 is 40.3 Å². The molecule has 4 aliphatic rings. The number of aryl methyl sites for hydroxylation is 1. The molecule has 2 aromatic carbocycles. The van der Waals surface area contributed by atoms with Crippen molar-refractivity contribution in [3.05, 3.63) is 102 Å². The standard InChI is InChI=1S/C54H67N13O6S/c1-34(2)50(54(71)65-31-42(68)26-47(65)53(70)59-35(3)37-9-11-38(12-10-37)51-36(4)57-33-74-51)66-32-43(28-58-66)72-23-21-62-17-19-63(20-18-62)22-24-73-49-25-39(15-16-56-49)67-40-13-14-41(67)30-64(29-40)46-27-45(60-61-52(46)55)44-7-5-6-8-48(44)69/h5-12,15-16,25,27-28,32-35,40-42,47,50,68-69H,13-14,17-24,26,29-31H2,1-4H3,(H2,55,61)(H,59,70)/t35-,40?,41?,42+,47-,50+/m0/s1. The van der Waals surface area contributed by atoms with Crippen molar-refractivity contribution in [1.29, 1.82) is 0 Å². The molecule has 0 aliphatic carbocycles. The van der Waals surface area contributed by atoms with Crippen LogP contribution in [0, 0.1) is 12.8 Å². The molecule has 0 radical (unpaired) electrons. The van der Waals surface area contributed by atoms with Crippen LogP contribution in [0.5, 0.6) is 17.4 Å². The van der Waals surface area contributed by atoms with Crippen molar-refractivity contribution in [2.24, 2.45) is 5.92 Å². The number of phenolic OH excluding ortho intramolecular Hbond substituents is 1. The molecule has 6 aromatic rings. The number of β-amino-alcohol motifs (C(OH)–C–C–N with tert-alkyl or cyclic N) is 1. The first kappa shape index (κ1) is 50.7. The first-order valence-corrected chi connectivity index (χ1v) is 26.7. The number of nitrogens with one attached hydrogen (secondary N) is 1. The van der Waals surface area contributed by atoms with Crippen molar-refractivity contribution in [2.75, 3.05) is 87.7 Å². The van der Waals surface area contributed by atoms with E-state index in [1.54, 1.807) is 40.5 Å². The molecule has 390 valence electrons. The Hall–Kier alpha value is -6.87. The van der Waals surface area contributed by atoms with Crippen LogP contribution in [0.2, 0.25) is 0 Å². The van der Waals surface area contributed by atoms with Gasteiger partial charge in [-0.1, -0.05) is 50.2 Å². The molecule has 8 heterocycles. The highest BCUT2D eigenvalue weighted by Crippen LogP contribution is 2.40. The minimum Gasteiger partial charge on any atom is -0.507 e. The largest absolute Gasteiger partial charge is 0.507 e. The molecule has 4 aromatic heterocycles. The molecule has 74 heavy (non-hydrogen) atoms. The van der Waals surface area contributed by atoms with Gasteiger partial charge in [0.2, 0.25) is 17.7 Å². The number of rotatable bonds is 18. The lowest BCUT2D eigenvalue weighted by Crippen LogP contribution is -2.54. The fraction of sp³-hybridized carbons (Fsp3) is 0.463. The highest BCUT2D eigenvalue weighted by Gasteiger charge is 2.44. The Labute approximate surface area is 435 Å². The van der Waals surface area contributed by atoms with Crippen molar-refractivity contribution in [1.82, 2.24) is 50.0 Å². The van der Waals surface area contributed by atoms with Crippen LogP contribution in [-0.4, -0.2) is 163 Å². The van der Waals surface area contributed by atoms with Gasteiger partial charge in [-0.05, 0) is 68.0 Å². The number of nitrogens with two attached hydrogens (primary N) is 1. The molecule has 2 unspecified atom stereocenters. The summed E-state index contributed by atoms with van der Waals surface area (Å²) in [5.41, 5.74) is 14.4. The average Bonchev–Trinajstić information content (AvgIpc) is 4.20. The van der Waals surface area contributed by atoms with E-state index in [-0.39, 0.29) is 54.6 Å². The van der Waals surface area contributed by atoms with Gasteiger partial charge < -0.3 is 45.4 Å². The van der Waals surface area contributed by atoms with Crippen LogP contribution in [0.3, 0.4) is 0 Å². The Bertz CT molecular complexity index is 2880. The van der Waals surface area contributed by atoms with Crippen LogP contribution in [-0.2, 0) is 9.59 Å². The summed E-state index contributed by atoms with van der Waals surface area (Å²) in [6.45, 7) is 15.7. The number of fused-ring (bicyclic) bond motifs is 2. The number of amides is 2. The minimum absolute atomic E-state index is 0.0728. The summed E-state index contributed by atoms with van der Waals surface area (Å²) < 4.78 is 14.0. The van der Waals surface area contributed by atoms with E-state index in [1.807, 2.05) is 81.9 Å². The zero-order chi connectivity index (χ0) is 51.5. The SMILES string of the molecule is Cc1ncsc1-c1ccc([C@H](C)NC(=O)[C@@H]2C[C@@H](O)CN2C(=O)[C@@H](C(C)C)n2cc(OCCN3CCN(CCOc4cc(N5C6CCC5CN(c5cc(-c7ccccc7O)nnc5N)C6)ccn4)CC3)cn2)cc1. The lowest BCUT2D eigenvalue weighted by atomic mass is 10.0. The number of nitrogens with zero attached hydrogens (tertiary/aromatic N) is 11. The van der Waals surface area contributed by atoms with Gasteiger partial charge in [0, 0.05) is 101 Å². The van der Waals surface area contributed by atoms with E-state index in [2.05, 4.69) is 62.3 Å². The number of nitrogen functional groups attached to an aromatic ring is 1. The third-order valence-corrected chi connectivity index (χ3v) is 16.0. The smallest absolute Gasteiger partial charge is 0.248 e. The van der Waals surface area contributed by atoms with E-state index in [1.165, 1.54) is 4.90 Å². The molecular weight excluding hydrogens is 959 g/mol. The molecule has 4 fully saturated rings. The monoisotopic (exact) mass is 1030 g/mol. The predicted molar refractivity (Wildman–Crippen MR) is 284 cm³/mol. The molecule has 19 nitrogen and oxygen atoms in total. The van der Waals surface area contributed by atoms with E-state index in [0.717, 1.165) is 98.3 Å². The van der Waals surface area contributed by atoms with Gasteiger partial charge >= 0.3 is 0 Å². The average molecular weight is 1030 g/mol. The number of aromatic hydroxyl groups is 1. The zero-order valence-electron chi connectivity index (χ0n) is 42.5. The molecule has 0 saturated carbocycles. The number of aliphatic hydroxyl groups is 1. The second-order valence-corrected chi connectivity index (χ2v) is 21.2. The summed E-state index contributed by atoms with van der Waals surface area (Å²) in [6, 6.07) is 20.0. The summed E-state index contributed by atoms with van der Waals surface area (Å²) in [7, 11) is 0. The van der Waals surface area contributed by atoms with E-state index >= 15 is 0 Å². The van der Waals surface area contributed by atoms with Gasteiger partial charge in [0.15, 0.2) is 11.6 Å². The Morgan fingerprint density at radius 3 is 2.30 bits per heavy atom. The van der Waals surface area contributed by atoms with E-state index in [9.17, 15) is 19.8 Å². The number of aliphatic hydroxyl groups excluding tert-OH is 1. The number of carbonyl (C=O) groups is 2. The third kappa shape index (κ3) is 11.1. The normalized spacial score (nSPS) is 21.0. The van der Waals surface area contributed by atoms with Crippen molar-refractivity contribution in [2.45, 2.75) is 83.3 Å². The maximum Gasteiger partial charge on any atom is 0.248 e. The van der Waals surface area contributed by atoms with Crippen LogP contribution >= 0.6 is 11.3 Å². The van der Waals surface area contributed by atoms with E-state index in [0.29, 0.717) is 41.9 Å². The van der Waals surface area contributed by atoms with Crippen LogP contribution < -0.4 is 30.3 Å². The molecule has 2 bridgehead atoms. The van der Waals surface area contributed by atoms with Gasteiger partial charge in [-0.3, -0.25) is 24.1 Å². The summed E-state index contributed by atoms with van der Waals surface area (Å²) in [5, 5.41) is 37.4. The van der Waals surface area contributed by atoms with Crippen LogP contribution in [0.15, 0.2) is 90.8 Å². The third-order valence-electron chi connectivity index (χ3n) is 15.0. The Morgan fingerprint density at radius 2 is 1.61 bits per heavy atom. The molecule has 2 amide bonds. The predicted octanol–water partition coefficient (Wildman–Crippen LogP) is 5.42. The summed E-state index contributed by atoms with van der Waals surface area (Å²) in [6.07, 6.45) is 6.71. The Morgan fingerprint density at radius 1 is 0.892 bits per heavy atom. The minimum atomic E-state index is -0.810. The fourth-order valence-corrected chi connectivity index (χ4v) is 11.9. The molecule has 6 atom stereocenters. The molecule has 4 aliphatic heterocycles. The molecule has 0 spiro atoms. The van der Waals surface area contributed by atoms with Gasteiger partial charge in [-0.15, -0.1) is 21.5 Å². The van der Waals surface area contributed by atoms with Crippen LogP contribution in [0.1, 0.15) is 63.4 Å². The maximum atomic E-state index is 14.3. The highest BCUT2D eigenvalue weighted by molar-refractivity contribution is 7.13. The lowest BCUT2D eigenvalue weighted by molar-refractivity contribution is -0.142. The Kier molecular flexibility index (Phi) is 15.3. The Balaban J connectivity index is 0.655. The highest BCUT2D eigenvalue weighted by atomic mass is 32.1. The fourth-order valence-electron chi connectivity index (χ4n) is 11.1. The lowest BCUT2D eigenvalue weighted by Gasteiger charge is -2.43. The number of hydrogen-bond acceptors (Lipinski definition) is 17. The van der Waals surface area contributed by atoms with Gasteiger partial charge in [0.1, 0.15) is 31.0 Å². The molecule has 20 heteroatoms. The van der Waals surface area contributed by atoms with Crippen molar-refractivity contribution in [3.63, 3.8) is 0 Å². The number of phenols is 1. The van der Waals surface area contributed by atoms with Crippen molar-refractivity contribution in [3.8, 4) is 39.1 Å². The molecule has 5 N–H and O–H groups in total. The van der Waals surface area contributed by atoms with Gasteiger partial charge in [0.25, 0.3) is 0 Å². The first-order chi connectivity index (χ1) is 35.9. The number of piperazine rings is 2. The number of pyridine rings is 1. The summed E-state index contributed by atoms with van der Waals surface area (Å²) >= 11 is 1.59. The summed E-state index contributed by atoms with van der Waals surface area (Å²) in [4.78, 5) is 49.2. The number of carbonyl (C=O) groups excluding carboxylic acids is 2. The van der Waals surface area contributed by atoms with Crippen molar-refractivity contribution < 1.29 is 29.3 Å². The number of anilines is 3. The topological polar surface area (TPSA) is 217 Å². The number of hydrogen-bond donors (Lipinski definition) is 4. The van der Waals surface area contributed by atoms with Crippen LogP contribution in [0.4, 0.5) is 17.2 Å². The second-order valence-electron chi connectivity index (χ2n) is 20.3. The number of benzene rings is 2. The van der Waals surface area contributed by atoms with Gasteiger partial charge in [-0.2, -0.15) is 5.10 Å². The van der Waals surface area contributed by atoms with Gasteiger partial charge in [0.05, 0.1) is 52.0 Å². The number of likely N-dealkylation sites (tertiary alicyclic amines) is 1. The number of aromatic nitrogens is 6. The van der Waals surface area contributed by atoms with Crippen LogP contribution in [0.25, 0.3) is 21.7 Å². The van der Waals surface area contributed by atoms with E-state index < -0.39 is 18.2 Å². The number of ether oxygens (including phenoxy) is 2. The molecule has 10 rings (SSSR count). The first-order valence-electron chi connectivity index (χ1n) is 25.8. The van der Waals surface area contributed by atoms with Gasteiger partial charge in [-0.25, -0.2) is 9.97 Å². The number of thiazole rings is 1. The molecular formula is C54H67N13O6S.